The van der Waals surface area contributed by atoms with Crippen molar-refractivity contribution in [1.82, 2.24) is 9.97 Å². The van der Waals surface area contributed by atoms with Crippen molar-refractivity contribution in [1.29, 1.82) is 0 Å². The smallest absolute Gasteiger partial charge is 0.130 e. The molecule has 1 aromatic heterocycles. The maximum absolute atomic E-state index is 5.90. The zero-order valence-corrected chi connectivity index (χ0v) is 11.2. The number of hydrogen-bond donors (Lipinski definition) is 1. The Morgan fingerprint density at radius 1 is 1.17 bits per heavy atom. The summed E-state index contributed by atoms with van der Waals surface area (Å²) in [6, 6.07) is 8.50. The Balaban J connectivity index is 2.51. The summed E-state index contributed by atoms with van der Waals surface area (Å²) >= 11 is 0. The highest BCUT2D eigenvalue weighted by Gasteiger charge is 2.09. The molecule has 3 heteroatoms. The van der Waals surface area contributed by atoms with Crippen LogP contribution in [0.4, 0.5) is 5.82 Å². The van der Waals surface area contributed by atoms with Crippen molar-refractivity contribution < 1.29 is 0 Å². The van der Waals surface area contributed by atoms with E-state index < -0.39 is 0 Å². The number of nitrogens with zero attached hydrogens (tertiary/aromatic N) is 2. The number of aromatic nitrogens is 2. The molecule has 0 saturated heterocycles. The monoisotopic (exact) mass is 241 g/mol. The Bertz CT molecular complexity index is 562. The number of benzene rings is 1. The third-order valence-corrected chi connectivity index (χ3v) is 3.03. The van der Waals surface area contributed by atoms with Crippen LogP contribution in [0.2, 0.25) is 0 Å². The highest BCUT2D eigenvalue weighted by atomic mass is 14.9. The van der Waals surface area contributed by atoms with E-state index in [-0.39, 0.29) is 0 Å². The van der Waals surface area contributed by atoms with Gasteiger partial charge < -0.3 is 5.73 Å². The van der Waals surface area contributed by atoms with Crippen molar-refractivity contribution in [3.63, 3.8) is 0 Å². The molecule has 2 rings (SSSR count). The van der Waals surface area contributed by atoms with Gasteiger partial charge in [0, 0.05) is 11.1 Å². The normalized spacial score (nSPS) is 10.6. The summed E-state index contributed by atoms with van der Waals surface area (Å²) in [5, 5.41) is 0. The summed E-state index contributed by atoms with van der Waals surface area (Å²) in [5.74, 6) is 1.28. The van der Waals surface area contributed by atoms with Crippen molar-refractivity contribution in [2.24, 2.45) is 0 Å². The largest absolute Gasteiger partial charge is 0.383 e. The zero-order chi connectivity index (χ0) is 13.1. The number of aryl methyl sites for hydroxylation is 2. The van der Waals surface area contributed by atoms with Crippen LogP contribution < -0.4 is 5.73 Å². The van der Waals surface area contributed by atoms with Crippen LogP contribution in [0.3, 0.4) is 0 Å². The van der Waals surface area contributed by atoms with Crippen LogP contribution in [-0.4, -0.2) is 9.97 Å². The van der Waals surface area contributed by atoms with E-state index in [1.807, 2.05) is 13.8 Å². The van der Waals surface area contributed by atoms with Crippen LogP contribution in [0.25, 0.3) is 11.3 Å². The average molecular weight is 241 g/mol. The molecule has 0 atom stereocenters. The van der Waals surface area contributed by atoms with Crippen molar-refractivity contribution >= 4 is 5.82 Å². The van der Waals surface area contributed by atoms with Crippen LogP contribution in [0.1, 0.15) is 30.3 Å². The fraction of sp³-hybridized carbons (Fsp3) is 0.333. The van der Waals surface area contributed by atoms with Crippen molar-refractivity contribution in [2.75, 3.05) is 5.73 Å². The first-order valence-electron chi connectivity index (χ1n) is 6.32. The molecule has 18 heavy (non-hydrogen) atoms. The van der Waals surface area contributed by atoms with Gasteiger partial charge in [-0.25, -0.2) is 9.97 Å². The van der Waals surface area contributed by atoms with Gasteiger partial charge in [-0.3, -0.25) is 0 Å². The van der Waals surface area contributed by atoms with Crippen molar-refractivity contribution in [3.05, 3.63) is 41.2 Å². The lowest BCUT2D eigenvalue weighted by atomic mass is 10.0. The van der Waals surface area contributed by atoms with Crippen LogP contribution in [0.5, 0.6) is 0 Å². The van der Waals surface area contributed by atoms with Gasteiger partial charge in [-0.05, 0) is 31.9 Å². The molecule has 1 heterocycles. The maximum atomic E-state index is 5.90. The Hall–Kier alpha value is -1.90. The molecule has 3 nitrogen and oxygen atoms in total. The molecule has 0 aliphatic carbocycles. The predicted octanol–water partition coefficient (Wildman–Crippen LogP) is 3.30. The minimum atomic E-state index is 0.568. The first-order chi connectivity index (χ1) is 8.61. The third-order valence-electron chi connectivity index (χ3n) is 3.03. The Morgan fingerprint density at radius 3 is 2.67 bits per heavy atom. The predicted molar refractivity (Wildman–Crippen MR) is 75.3 cm³/mol. The van der Waals surface area contributed by atoms with Crippen LogP contribution in [0.15, 0.2) is 24.3 Å². The van der Waals surface area contributed by atoms with Gasteiger partial charge in [-0.15, -0.1) is 0 Å². The van der Waals surface area contributed by atoms with Crippen LogP contribution in [-0.2, 0) is 6.42 Å². The summed E-state index contributed by atoms with van der Waals surface area (Å²) in [5.41, 5.74) is 10.3. The maximum Gasteiger partial charge on any atom is 0.130 e. The second-order valence-corrected chi connectivity index (χ2v) is 4.58. The fourth-order valence-corrected chi connectivity index (χ4v) is 2.09. The van der Waals surface area contributed by atoms with Gasteiger partial charge in [-0.2, -0.15) is 0 Å². The highest BCUT2D eigenvalue weighted by molar-refractivity contribution is 5.67. The number of anilines is 1. The molecular formula is C15H19N3. The molecule has 0 aliphatic rings. The Labute approximate surface area is 108 Å². The number of hydrogen-bond acceptors (Lipinski definition) is 3. The minimum Gasteiger partial charge on any atom is -0.383 e. The van der Waals surface area contributed by atoms with Crippen LogP contribution >= 0.6 is 0 Å². The molecule has 1 aromatic carbocycles. The zero-order valence-electron chi connectivity index (χ0n) is 11.2. The van der Waals surface area contributed by atoms with Crippen LogP contribution in [0, 0.1) is 13.8 Å². The van der Waals surface area contributed by atoms with Gasteiger partial charge in [0.25, 0.3) is 0 Å². The van der Waals surface area contributed by atoms with Gasteiger partial charge in [0.2, 0.25) is 0 Å². The van der Waals surface area contributed by atoms with Gasteiger partial charge in [0.05, 0.1) is 5.69 Å². The molecule has 0 radical (unpaired) electrons. The fourth-order valence-electron chi connectivity index (χ4n) is 2.09. The first kappa shape index (κ1) is 12.6. The summed E-state index contributed by atoms with van der Waals surface area (Å²) in [7, 11) is 0. The van der Waals surface area contributed by atoms with E-state index in [1.165, 1.54) is 5.56 Å². The standard InChI is InChI=1S/C15H19N3/c1-4-6-12-7-5-8-13(9-12)14-10(2)15(16)18-11(3)17-14/h5,7-9H,4,6H2,1-3H3,(H2,16,17,18). The van der Waals surface area contributed by atoms with Gasteiger partial charge >= 0.3 is 0 Å². The van der Waals surface area contributed by atoms with E-state index in [9.17, 15) is 0 Å². The summed E-state index contributed by atoms with van der Waals surface area (Å²) < 4.78 is 0. The number of nitrogen functional groups attached to an aromatic ring is 1. The summed E-state index contributed by atoms with van der Waals surface area (Å²) in [4.78, 5) is 8.70. The quantitative estimate of drug-likeness (QED) is 0.897. The summed E-state index contributed by atoms with van der Waals surface area (Å²) in [6.45, 7) is 6.02. The van der Waals surface area contributed by atoms with Gasteiger partial charge in [0.1, 0.15) is 11.6 Å². The van der Waals surface area contributed by atoms with E-state index in [2.05, 4.69) is 41.2 Å². The molecule has 0 aliphatic heterocycles. The minimum absolute atomic E-state index is 0.568. The van der Waals surface area contributed by atoms with Crippen molar-refractivity contribution in [3.8, 4) is 11.3 Å². The molecule has 0 unspecified atom stereocenters. The second kappa shape index (κ2) is 5.17. The third kappa shape index (κ3) is 2.50. The Morgan fingerprint density at radius 2 is 1.94 bits per heavy atom. The highest BCUT2D eigenvalue weighted by Crippen LogP contribution is 2.25. The van der Waals surface area contributed by atoms with E-state index in [4.69, 9.17) is 5.73 Å². The summed E-state index contributed by atoms with van der Waals surface area (Å²) in [6.07, 6.45) is 2.24. The topological polar surface area (TPSA) is 51.8 Å². The SMILES string of the molecule is CCCc1cccc(-c2nc(C)nc(N)c2C)c1. The molecule has 0 amide bonds. The molecule has 0 saturated carbocycles. The van der Waals surface area contributed by atoms with Crippen molar-refractivity contribution in [2.45, 2.75) is 33.6 Å². The Kier molecular flexibility index (Phi) is 3.60. The molecule has 94 valence electrons. The first-order valence-corrected chi connectivity index (χ1v) is 6.32. The number of nitrogens with two attached hydrogens (primary N) is 1. The second-order valence-electron chi connectivity index (χ2n) is 4.58. The van der Waals surface area contributed by atoms with E-state index >= 15 is 0 Å². The molecule has 0 bridgehead atoms. The van der Waals surface area contributed by atoms with Gasteiger partial charge in [-0.1, -0.05) is 31.5 Å². The lowest BCUT2D eigenvalue weighted by molar-refractivity contribution is 0.922. The van der Waals surface area contributed by atoms with E-state index in [0.29, 0.717) is 11.6 Å². The lowest BCUT2D eigenvalue weighted by Gasteiger charge is -2.09. The molecule has 0 fully saturated rings. The molecule has 2 N–H and O–H groups in total. The lowest BCUT2D eigenvalue weighted by Crippen LogP contribution is -2.02. The van der Waals surface area contributed by atoms with E-state index in [1.54, 1.807) is 0 Å². The van der Waals surface area contributed by atoms with E-state index in [0.717, 1.165) is 29.7 Å². The van der Waals surface area contributed by atoms with Gasteiger partial charge in [0.15, 0.2) is 0 Å². The molecule has 0 spiro atoms. The number of rotatable bonds is 3. The molecule has 2 aromatic rings. The average Bonchev–Trinajstić information content (AvgIpc) is 2.34. The molecular weight excluding hydrogens is 222 g/mol.